The summed E-state index contributed by atoms with van der Waals surface area (Å²) >= 11 is 0. The first-order valence-electron chi connectivity index (χ1n) is 9.24. The van der Waals surface area contributed by atoms with E-state index in [1.54, 1.807) is 0 Å². The highest BCUT2D eigenvalue weighted by Gasteiger charge is 2.27. The molecular formula is C21H25N5O. The van der Waals surface area contributed by atoms with Gasteiger partial charge in [-0.15, -0.1) is 0 Å². The van der Waals surface area contributed by atoms with Crippen molar-refractivity contribution in [3.63, 3.8) is 0 Å². The lowest BCUT2D eigenvalue weighted by Gasteiger charge is -2.38. The topological polar surface area (TPSA) is 59.1 Å². The van der Waals surface area contributed by atoms with Crippen LogP contribution in [-0.4, -0.2) is 41.3 Å². The first-order valence-corrected chi connectivity index (χ1v) is 9.24. The Balaban J connectivity index is 1.69. The van der Waals surface area contributed by atoms with Crippen LogP contribution < -0.4 is 0 Å². The monoisotopic (exact) mass is 363 g/mol. The molecule has 2 aromatic carbocycles. The Morgan fingerprint density at radius 3 is 1.81 bits per heavy atom. The number of benzene rings is 2. The number of rotatable bonds is 7. The van der Waals surface area contributed by atoms with Crippen molar-refractivity contribution in [2.45, 2.75) is 39.1 Å². The molecule has 0 amide bonds. The van der Waals surface area contributed by atoms with Gasteiger partial charge in [0.25, 0.3) is 0 Å². The molecule has 0 atom stereocenters. The molecule has 0 aliphatic rings. The van der Waals surface area contributed by atoms with E-state index in [1.165, 1.54) is 0 Å². The van der Waals surface area contributed by atoms with E-state index in [4.69, 9.17) is 0 Å². The van der Waals surface area contributed by atoms with Crippen LogP contribution in [0.15, 0.2) is 61.2 Å². The Morgan fingerprint density at radius 2 is 1.33 bits per heavy atom. The molecule has 4 rings (SSSR count). The van der Waals surface area contributed by atoms with E-state index >= 15 is 0 Å². The lowest BCUT2D eigenvalue weighted by molar-refractivity contribution is 0.0333. The number of aliphatic hydroxyl groups excluding tert-OH is 1. The third-order valence-corrected chi connectivity index (χ3v) is 5.28. The van der Waals surface area contributed by atoms with E-state index in [0.29, 0.717) is 19.8 Å². The number of para-hydroxylation sites is 4. The maximum atomic E-state index is 9.58. The second-order valence-corrected chi connectivity index (χ2v) is 7.51. The molecule has 0 aliphatic heterocycles. The smallest absolute Gasteiger partial charge is 0.0969 e. The van der Waals surface area contributed by atoms with Gasteiger partial charge in [0.1, 0.15) is 0 Å². The normalized spacial score (nSPS) is 12.4. The summed E-state index contributed by atoms with van der Waals surface area (Å²) in [6, 6.07) is 16.3. The van der Waals surface area contributed by atoms with Gasteiger partial charge in [0, 0.05) is 12.1 Å². The van der Waals surface area contributed by atoms with Crippen LogP contribution in [0.2, 0.25) is 0 Å². The van der Waals surface area contributed by atoms with Gasteiger partial charge < -0.3 is 14.2 Å². The van der Waals surface area contributed by atoms with E-state index in [-0.39, 0.29) is 12.1 Å². The van der Waals surface area contributed by atoms with Crippen molar-refractivity contribution in [2.75, 3.05) is 6.61 Å². The van der Waals surface area contributed by atoms with Gasteiger partial charge in [-0.05, 0) is 44.5 Å². The van der Waals surface area contributed by atoms with Crippen LogP contribution >= 0.6 is 0 Å². The maximum absolute atomic E-state index is 9.58. The summed E-state index contributed by atoms with van der Waals surface area (Å²) in [5.41, 5.74) is 4.01. The van der Waals surface area contributed by atoms with E-state index in [1.807, 2.05) is 49.1 Å². The number of hydrogen-bond acceptors (Lipinski definition) is 4. The van der Waals surface area contributed by atoms with Gasteiger partial charge in [-0.2, -0.15) is 0 Å². The number of nitrogens with zero attached hydrogens (tertiary/aromatic N) is 5. The van der Waals surface area contributed by atoms with Crippen LogP contribution in [0.3, 0.4) is 0 Å². The fourth-order valence-electron chi connectivity index (χ4n) is 3.47. The third kappa shape index (κ3) is 3.46. The molecule has 27 heavy (non-hydrogen) atoms. The first kappa shape index (κ1) is 17.7. The number of hydrogen-bond donors (Lipinski definition) is 1. The van der Waals surface area contributed by atoms with Crippen LogP contribution in [0.1, 0.15) is 20.3 Å². The Bertz CT molecular complexity index is 973. The van der Waals surface area contributed by atoms with Crippen LogP contribution in [0.4, 0.5) is 0 Å². The average Bonchev–Trinajstić information content (AvgIpc) is 3.26. The molecule has 0 unspecified atom stereocenters. The Kier molecular flexibility index (Phi) is 4.68. The van der Waals surface area contributed by atoms with Gasteiger partial charge in [0.15, 0.2) is 0 Å². The maximum Gasteiger partial charge on any atom is 0.0969 e. The van der Waals surface area contributed by atoms with Gasteiger partial charge in [-0.1, -0.05) is 24.3 Å². The zero-order valence-electron chi connectivity index (χ0n) is 15.8. The molecule has 140 valence electrons. The minimum Gasteiger partial charge on any atom is -0.396 e. The van der Waals surface area contributed by atoms with E-state index in [2.05, 4.69) is 50.0 Å². The molecule has 6 nitrogen and oxygen atoms in total. The predicted octanol–water partition coefficient (Wildman–Crippen LogP) is 3.46. The number of fused-ring (bicyclic) bond motifs is 2. The van der Waals surface area contributed by atoms with E-state index in [0.717, 1.165) is 22.1 Å². The number of aliphatic hydroxyl groups is 1. The minimum atomic E-state index is -0.189. The second kappa shape index (κ2) is 7.13. The first-order chi connectivity index (χ1) is 13.1. The molecule has 0 fully saturated rings. The van der Waals surface area contributed by atoms with Crippen molar-refractivity contribution in [3.8, 4) is 0 Å². The number of aromatic nitrogens is 4. The Hall–Kier alpha value is -2.70. The van der Waals surface area contributed by atoms with Gasteiger partial charge in [-0.25, -0.2) is 9.97 Å². The molecule has 0 radical (unpaired) electrons. The molecule has 0 bridgehead atoms. The summed E-state index contributed by atoms with van der Waals surface area (Å²) in [5.74, 6) is 0. The molecule has 2 heterocycles. The van der Waals surface area contributed by atoms with Crippen LogP contribution in [0.5, 0.6) is 0 Å². The summed E-state index contributed by atoms with van der Waals surface area (Å²) in [6.07, 6.45) is 4.46. The van der Waals surface area contributed by atoms with Crippen molar-refractivity contribution in [2.24, 2.45) is 0 Å². The van der Waals surface area contributed by atoms with Crippen LogP contribution in [0, 0.1) is 0 Å². The zero-order valence-corrected chi connectivity index (χ0v) is 15.8. The minimum absolute atomic E-state index is 0.152. The van der Waals surface area contributed by atoms with Gasteiger partial charge in [0.2, 0.25) is 0 Å². The lowest BCUT2D eigenvalue weighted by Crippen LogP contribution is -2.46. The van der Waals surface area contributed by atoms with E-state index < -0.39 is 0 Å². The third-order valence-electron chi connectivity index (χ3n) is 5.28. The summed E-state index contributed by atoms with van der Waals surface area (Å²) in [5, 5.41) is 9.58. The lowest BCUT2D eigenvalue weighted by atomic mass is 9.99. The van der Waals surface area contributed by atoms with Crippen LogP contribution in [-0.2, 0) is 13.3 Å². The molecule has 0 saturated carbocycles. The highest BCUT2D eigenvalue weighted by molar-refractivity contribution is 5.75. The Morgan fingerprint density at radius 1 is 0.852 bits per heavy atom. The Labute approximate surface area is 158 Å². The highest BCUT2D eigenvalue weighted by Crippen LogP contribution is 2.24. The average molecular weight is 363 g/mol. The number of imidazole rings is 2. The summed E-state index contributed by atoms with van der Waals surface area (Å²) in [6.45, 7) is 5.85. The molecule has 4 aromatic rings. The van der Waals surface area contributed by atoms with Crippen molar-refractivity contribution in [3.05, 3.63) is 61.2 Å². The molecule has 0 aliphatic carbocycles. The van der Waals surface area contributed by atoms with Gasteiger partial charge in [0.05, 0.1) is 48.1 Å². The predicted molar refractivity (Wildman–Crippen MR) is 107 cm³/mol. The molecule has 2 aromatic heterocycles. The van der Waals surface area contributed by atoms with Gasteiger partial charge >= 0.3 is 0 Å². The molecule has 0 spiro atoms. The summed E-state index contributed by atoms with van der Waals surface area (Å²) < 4.78 is 4.32. The SMILES string of the molecule is CC(C)(CCO)N(Cn1cnc2ccccc21)Cn1cnc2ccccc21. The standard InChI is InChI=1S/C21H25N5O/c1-21(2,11-12-27)26(15-24-13-22-17-7-3-5-9-19(17)24)16-25-14-23-18-8-4-6-10-20(18)25/h3-10,13-14,27H,11-12,15-16H2,1-2H3. The fraction of sp³-hybridized carbons (Fsp3) is 0.333. The molecule has 6 heteroatoms. The fourth-order valence-corrected chi connectivity index (χ4v) is 3.47. The zero-order chi connectivity index (χ0) is 18.9. The largest absolute Gasteiger partial charge is 0.396 e. The summed E-state index contributed by atoms with van der Waals surface area (Å²) in [4.78, 5) is 11.4. The molecule has 0 saturated heterocycles. The highest BCUT2D eigenvalue weighted by atomic mass is 16.3. The second-order valence-electron chi connectivity index (χ2n) is 7.51. The molecule has 1 N–H and O–H groups in total. The molecular weight excluding hydrogens is 338 g/mol. The quantitative estimate of drug-likeness (QED) is 0.546. The van der Waals surface area contributed by atoms with Crippen molar-refractivity contribution >= 4 is 22.1 Å². The summed E-state index contributed by atoms with van der Waals surface area (Å²) in [7, 11) is 0. The van der Waals surface area contributed by atoms with Crippen molar-refractivity contribution in [1.82, 2.24) is 24.0 Å². The van der Waals surface area contributed by atoms with Gasteiger partial charge in [-0.3, -0.25) is 4.90 Å². The van der Waals surface area contributed by atoms with Crippen molar-refractivity contribution < 1.29 is 5.11 Å². The van der Waals surface area contributed by atoms with E-state index in [9.17, 15) is 5.11 Å². The van der Waals surface area contributed by atoms with Crippen molar-refractivity contribution in [1.29, 1.82) is 0 Å². The van der Waals surface area contributed by atoms with Crippen LogP contribution in [0.25, 0.3) is 22.1 Å².